The number of carbonyl (C=O) groups is 1. The molecule has 0 saturated carbocycles. The number of aromatic nitrogens is 1. The van der Waals surface area contributed by atoms with E-state index >= 15 is 0 Å². The molecule has 0 spiro atoms. The number of rotatable bonds is 4. The minimum absolute atomic E-state index is 0.0374. The van der Waals surface area contributed by atoms with Gasteiger partial charge in [0, 0.05) is 13.1 Å². The Morgan fingerprint density at radius 2 is 2.11 bits per heavy atom. The molecule has 1 aromatic rings. The lowest BCUT2D eigenvalue weighted by Crippen LogP contribution is -2.39. The predicted octanol–water partition coefficient (Wildman–Crippen LogP) is 2.04. The van der Waals surface area contributed by atoms with E-state index in [1.54, 1.807) is 6.20 Å². The molecule has 0 radical (unpaired) electrons. The highest BCUT2D eigenvalue weighted by Gasteiger charge is 2.17. The van der Waals surface area contributed by atoms with Crippen LogP contribution in [0.25, 0.3) is 0 Å². The Kier molecular flexibility index (Phi) is 4.96. The predicted molar refractivity (Wildman–Crippen MR) is 72.7 cm³/mol. The van der Waals surface area contributed by atoms with Gasteiger partial charge in [-0.1, -0.05) is 12.8 Å². The maximum Gasteiger partial charge on any atom is 0.236 e. The van der Waals surface area contributed by atoms with Gasteiger partial charge in [-0.3, -0.25) is 10.1 Å². The normalized spacial score (nSPS) is 18.1. The van der Waals surface area contributed by atoms with E-state index in [2.05, 4.69) is 10.3 Å². The minimum Gasteiger partial charge on any atom is -0.444 e. The Labute approximate surface area is 114 Å². The highest BCUT2D eigenvalue weighted by Crippen LogP contribution is 2.12. The fourth-order valence-electron chi connectivity index (χ4n) is 2.33. The third-order valence-corrected chi connectivity index (χ3v) is 3.53. The van der Waals surface area contributed by atoms with Crippen molar-refractivity contribution in [1.82, 2.24) is 15.2 Å². The second kappa shape index (κ2) is 6.70. The highest BCUT2D eigenvalue weighted by atomic mass is 16.4. The molecule has 0 aliphatic carbocycles. The van der Waals surface area contributed by atoms with Crippen LogP contribution in [0.2, 0.25) is 0 Å². The van der Waals surface area contributed by atoms with Gasteiger partial charge in [0.2, 0.25) is 11.8 Å². The molecule has 1 aliphatic rings. The van der Waals surface area contributed by atoms with Gasteiger partial charge in [0.1, 0.15) is 5.76 Å². The number of likely N-dealkylation sites (tertiary alicyclic amines) is 1. The minimum atomic E-state index is -0.0374. The number of carbonyl (C=O) groups excluding carboxylic acids is 1. The molecule has 0 aromatic carbocycles. The van der Waals surface area contributed by atoms with Crippen molar-refractivity contribution >= 4 is 5.91 Å². The van der Waals surface area contributed by atoms with E-state index in [0.29, 0.717) is 12.4 Å². The van der Waals surface area contributed by atoms with Gasteiger partial charge in [-0.05, 0) is 26.7 Å². The lowest BCUT2D eigenvalue weighted by atomic mass is 10.2. The van der Waals surface area contributed by atoms with Crippen LogP contribution in [-0.2, 0) is 4.79 Å². The molecule has 1 fully saturated rings. The summed E-state index contributed by atoms with van der Waals surface area (Å²) >= 11 is 0. The lowest BCUT2D eigenvalue weighted by molar-refractivity contribution is -0.130. The number of nitrogens with one attached hydrogen (secondary N) is 1. The van der Waals surface area contributed by atoms with Crippen LogP contribution in [0.1, 0.15) is 50.3 Å². The van der Waals surface area contributed by atoms with Crippen molar-refractivity contribution in [2.24, 2.45) is 0 Å². The van der Waals surface area contributed by atoms with E-state index in [1.165, 1.54) is 12.8 Å². The maximum atomic E-state index is 12.1. The Bertz CT molecular complexity index is 409. The first-order chi connectivity index (χ1) is 9.16. The third kappa shape index (κ3) is 4.06. The first-order valence-corrected chi connectivity index (χ1v) is 7.10. The summed E-state index contributed by atoms with van der Waals surface area (Å²) in [7, 11) is 0. The largest absolute Gasteiger partial charge is 0.444 e. The molecular weight excluding hydrogens is 242 g/mol. The molecule has 19 heavy (non-hydrogen) atoms. The summed E-state index contributed by atoms with van der Waals surface area (Å²) in [6, 6.07) is -0.0374. The van der Waals surface area contributed by atoms with Gasteiger partial charge >= 0.3 is 0 Å². The van der Waals surface area contributed by atoms with Crippen LogP contribution in [0.3, 0.4) is 0 Å². The molecule has 1 atom stereocenters. The van der Waals surface area contributed by atoms with E-state index in [4.69, 9.17) is 4.42 Å². The zero-order valence-corrected chi connectivity index (χ0v) is 11.8. The first-order valence-electron chi connectivity index (χ1n) is 7.10. The Morgan fingerprint density at radius 1 is 1.42 bits per heavy atom. The first kappa shape index (κ1) is 14.1. The van der Waals surface area contributed by atoms with Crippen LogP contribution in [0.15, 0.2) is 10.6 Å². The average molecular weight is 265 g/mol. The van der Waals surface area contributed by atoms with Crippen molar-refractivity contribution in [2.45, 2.75) is 45.6 Å². The molecule has 2 heterocycles. The smallest absolute Gasteiger partial charge is 0.236 e. The summed E-state index contributed by atoms with van der Waals surface area (Å²) in [6.07, 6.45) is 6.43. The van der Waals surface area contributed by atoms with Gasteiger partial charge in [-0.15, -0.1) is 0 Å². The summed E-state index contributed by atoms with van der Waals surface area (Å²) in [4.78, 5) is 18.2. The number of hydrogen-bond donors (Lipinski definition) is 1. The van der Waals surface area contributed by atoms with Crippen LogP contribution in [0.5, 0.6) is 0 Å². The van der Waals surface area contributed by atoms with E-state index in [0.717, 1.165) is 31.7 Å². The molecule has 0 bridgehead atoms. The Balaban J connectivity index is 1.79. The zero-order valence-electron chi connectivity index (χ0n) is 11.8. The van der Waals surface area contributed by atoms with Crippen molar-refractivity contribution < 1.29 is 9.21 Å². The van der Waals surface area contributed by atoms with Crippen molar-refractivity contribution in [1.29, 1.82) is 0 Å². The SMILES string of the molecule is Cc1cnc(C(C)NCC(=O)N2CCCCCC2)o1. The van der Waals surface area contributed by atoms with Crippen molar-refractivity contribution in [3.63, 3.8) is 0 Å². The summed E-state index contributed by atoms with van der Waals surface area (Å²) in [6.45, 7) is 5.97. The van der Waals surface area contributed by atoms with Gasteiger partial charge in [-0.2, -0.15) is 0 Å². The molecule has 5 heteroatoms. The maximum absolute atomic E-state index is 12.1. The molecule has 1 saturated heterocycles. The average Bonchev–Trinajstić information content (AvgIpc) is 2.68. The number of amides is 1. The van der Waals surface area contributed by atoms with E-state index in [1.807, 2.05) is 18.7 Å². The number of aryl methyl sites for hydroxylation is 1. The Morgan fingerprint density at radius 3 is 2.68 bits per heavy atom. The van der Waals surface area contributed by atoms with Crippen molar-refractivity contribution in [3.05, 3.63) is 17.8 Å². The summed E-state index contributed by atoms with van der Waals surface area (Å²) in [5, 5.41) is 3.18. The molecule has 1 unspecified atom stereocenters. The summed E-state index contributed by atoms with van der Waals surface area (Å²) in [5.74, 6) is 1.61. The standard InChI is InChI=1S/C14H23N3O2/c1-11-9-16-14(19-11)12(2)15-10-13(18)17-7-5-3-4-6-8-17/h9,12,15H,3-8,10H2,1-2H3. The van der Waals surface area contributed by atoms with E-state index < -0.39 is 0 Å². The number of oxazole rings is 1. The van der Waals surface area contributed by atoms with Crippen molar-refractivity contribution in [3.8, 4) is 0 Å². The van der Waals surface area contributed by atoms with Gasteiger partial charge in [0.25, 0.3) is 0 Å². The lowest BCUT2D eigenvalue weighted by Gasteiger charge is -2.21. The molecule has 106 valence electrons. The van der Waals surface area contributed by atoms with Crippen LogP contribution in [-0.4, -0.2) is 35.4 Å². The zero-order chi connectivity index (χ0) is 13.7. The van der Waals surface area contributed by atoms with E-state index in [-0.39, 0.29) is 11.9 Å². The van der Waals surface area contributed by atoms with Gasteiger partial charge in [0.05, 0.1) is 18.8 Å². The van der Waals surface area contributed by atoms with Crippen LogP contribution in [0.4, 0.5) is 0 Å². The second-order valence-corrected chi connectivity index (χ2v) is 5.21. The molecular formula is C14H23N3O2. The van der Waals surface area contributed by atoms with Crippen LogP contribution >= 0.6 is 0 Å². The monoisotopic (exact) mass is 265 g/mol. The molecule has 5 nitrogen and oxygen atoms in total. The number of nitrogens with zero attached hydrogens (tertiary/aromatic N) is 2. The fourth-order valence-corrected chi connectivity index (χ4v) is 2.33. The molecule has 2 rings (SSSR count). The fraction of sp³-hybridized carbons (Fsp3) is 0.714. The van der Waals surface area contributed by atoms with Crippen LogP contribution < -0.4 is 5.32 Å². The van der Waals surface area contributed by atoms with Gasteiger partial charge < -0.3 is 9.32 Å². The van der Waals surface area contributed by atoms with Crippen molar-refractivity contribution in [2.75, 3.05) is 19.6 Å². The van der Waals surface area contributed by atoms with Crippen LogP contribution in [0, 0.1) is 6.92 Å². The molecule has 1 aromatic heterocycles. The van der Waals surface area contributed by atoms with E-state index in [9.17, 15) is 4.79 Å². The highest BCUT2D eigenvalue weighted by molar-refractivity contribution is 5.78. The molecule has 1 amide bonds. The summed E-state index contributed by atoms with van der Waals surface area (Å²) < 4.78 is 5.44. The Hall–Kier alpha value is -1.36. The molecule has 1 N–H and O–H groups in total. The second-order valence-electron chi connectivity index (χ2n) is 5.21. The topological polar surface area (TPSA) is 58.4 Å². The van der Waals surface area contributed by atoms with Gasteiger partial charge in [-0.25, -0.2) is 4.98 Å². The number of hydrogen-bond acceptors (Lipinski definition) is 4. The summed E-state index contributed by atoms with van der Waals surface area (Å²) in [5.41, 5.74) is 0. The quantitative estimate of drug-likeness (QED) is 0.905. The molecule has 1 aliphatic heterocycles. The van der Waals surface area contributed by atoms with Gasteiger partial charge in [0.15, 0.2) is 0 Å². The third-order valence-electron chi connectivity index (χ3n) is 3.53.